The molecule has 0 amide bonds. The van der Waals surface area contributed by atoms with Crippen LogP contribution in [0, 0.1) is 0 Å². The number of rotatable bonds is 11. The Hall–Kier alpha value is -2.80. The average Bonchev–Trinajstić information content (AvgIpc) is 2.79. The van der Waals surface area contributed by atoms with Crippen molar-refractivity contribution >= 4 is 23.4 Å². The average molecular weight is 424 g/mol. The van der Waals surface area contributed by atoms with E-state index in [1.54, 1.807) is 19.6 Å². The second-order valence-corrected chi connectivity index (χ2v) is 7.98. The molecule has 0 saturated carbocycles. The van der Waals surface area contributed by atoms with Crippen molar-refractivity contribution in [1.82, 2.24) is 15.0 Å². The Morgan fingerprint density at radius 1 is 1.00 bits per heavy atom. The van der Waals surface area contributed by atoms with Gasteiger partial charge in [0.25, 0.3) is 0 Å². The van der Waals surface area contributed by atoms with E-state index in [1.165, 1.54) is 5.56 Å². The normalized spacial score (nSPS) is 11.7. The molecule has 1 unspecified atom stereocenters. The van der Waals surface area contributed by atoms with Gasteiger partial charge in [-0.1, -0.05) is 25.1 Å². The van der Waals surface area contributed by atoms with Gasteiger partial charge in [-0.15, -0.1) is 0 Å². The van der Waals surface area contributed by atoms with Gasteiger partial charge in [0.1, 0.15) is 23.7 Å². The van der Waals surface area contributed by atoms with Gasteiger partial charge in [-0.3, -0.25) is 0 Å². The molecule has 1 aromatic carbocycles. The highest BCUT2D eigenvalue weighted by Gasteiger charge is 2.11. The van der Waals surface area contributed by atoms with Crippen molar-refractivity contribution in [2.75, 3.05) is 42.8 Å². The maximum Gasteiger partial charge on any atom is 0.129 e. The molecule has 7 heteroatoms. The van der Waals surface area contributed by atoms with Crippen LogP contribution < -0.4 is 15.4 Å². The molecule has 0 fully saturated rings. The van der Waals surface area contributed by atoms with E-state index in [9.17, 15) is 0 Å². The van der Waals surface area contributed by atoms with Crippen molar-refractivity contribution in [2.24, 2.45) is 0 Å². The number of hydrogen-bond acceptors (Lipinski definition) is 7. The zero-order chi connectivity index (χ0) is 21.2. The van der Waals surface area contributed by atoms with Crippen LogP contribution in [0.1, 0.15) is 24.8 Å². The van der Waals surface area contributed by atoms with Gasteiger partial charge in [0.15, 0.2) is 0 Å². The third-order valence-electron chi connectivity index (χ3n) is 4.89. The van der Waals surface area contributed by atoms with Crippen LogP contribution in [0.3, 0.4) is 0 Å². The number of ether oxygens (including phenoxy) is 1. The maximum atomic E-state index is 5.48. The number of nitrogens with one attached hydrogen (secondary N) is 2. The van der Waals surface area contributed by atoms with Gasteiger partial charge >= 0.3 is 0 Å². The smallest absolute Gasteiger partial charge is 0.129 e. The number of anilines is 2. The van der Waals surface area contributed by atoms with Crippen LogP contribution in [-0.4, -0.2) is 47.2 Å². The monoisotopic (exact) mass is 423 g/mol. The Morgan fingerprint density at radius 2 is 1.80 bits per heavy atom. The van der Waals surface area contributed by atoms with Gasteiger partial charge in [-0.25, -0.2) is 15.0 Å². The highest BCUT2D eigenvalue weighted by Crippen LogP contribution is 2.28. The van der Waals surface area contributed by atoms with Gasteiger partial charge < -0.3 is 15.4 Å². The number of benzene rings is 1. The molecule has 0 aliphatic heterocycles. The fourth-order valence-electron chi connectivity index (χ4n) is 3.23. The molecule has 158 valence electrons. The van der Waals surface area contributed by atoms with E-state index in [-0.39, 0.29) is 0 Å². The Morgan fingerprint density at radius 3 is 2.63 bits per heavy atom. The first-order valence-corrected chi connectivity index (χ1v) is 11.5. The Kier molecular flexibility index (Phi) is 8.32. The van der Waals surface area contributed by atoms with Crippen molar-refractivity contribution in [2.45, 2.75) is 19.3 Å². The van der Waals surface area contributed by atoms with Crippen molar-refractivity contribution in [3.8, 4) is 17.0 Å². The molecule has 2 aromatic heterocycles. The van der Waals surface area contributed by atoms with E-state index in [0.717, 1.165) is 53.9 Å². The molecule has 30 heavy (non-hydrogen) atoms. The minimum Gasteiger partial charge on any atom is -0.496 e. The molecular weight excluding hydrogens is 394 g/mol. The quantitative estimate of drug-likeness (QED) is 0.424. The second kappa shape index (κ2) is 11.4. The number of nitrogens with zero attached hydrogens (tertiary/aromatic N) is 3. The van der Waals surface area contributed by atoms with Crippen molar-refractivity contribution in [3.63, 3.8) is 0 Å². The molecule has 2 heterocycles. The summed E-state index contributed by atoms with van der Waals surface area (Å²) in [6, 6.07) is 14.2. The van der Waals surface area contributed by atoms with Crippen LogP contribution in [0.4, 0.5) is 11.6 Å². The predicted octanol–water partition coefficient (Wildman–Crippen LogP) is 4.93. The topological polar surface area (TPSA) is 72.0 Å². The maximum absolute atomic E-state index is 5.48. The van der Waals surface area contributed by atoms with Crippen molar-refractivity contribution in [1.29, 1.82) is 0 Å². The first-order valence-electron chi connectivity index (χ1n) is 10.1. The molecular formula is C23H29N5OS. The molecule has 0 spiro atoms. The molecule has 2 N–H and O–H groups in total. The largest absolute Gasteiger partial charge is 0.496 e. The summed E-state index contributed by atoms with van der Waals surface area (Å²) in [5.74, 6) is 4.04. The minimum atomic E-state index is 0.380. The van der Waals surface area contributed by atoms with Crippen LogP contribution in [-0.2, 0) is 0 Å². The lowest BCUT2D eigenvalue weighted by Crippen LogP contribution is -2.08. The Labute approximate surface area is 182 Å². The lowest BCUT2D eigenvalue weighted by atomic mass is 9.97. The molecule has 3 rings (SSSR count). The SMILES string of the molecule is COc1ccccc1C(C)CCNc1cc(-c2ccnc(NCCSC)c2)ncn1. The highest BCUT2D eigenvalue weighted by atomic mass is 32.2. The van der Waals surface area contributed by atoms with E-state index < -0.39 is 0 Å². The summed E-state index contributed by atoms with van der Waals surface area (Å²) in [4.78, 5) is 13.2. The van der Waals surface area contributed by atoms with Crippen LogP contribution in [0.5, 0.6) is 5.75 Å². The minimum absolute atomic E-state index is 0.380. The van der Waals surface area contributed by atoms with Gasteiger partial charge in [0.2, 0.25) is 0 Å². The lowest BCUT2D eigenvalue weighted by Gasteiger charge is -2.16. The van der Waals surface area contributed by atoms with Crippen LogP contribution >= 0.6 is 11.8 Å². The summed E-state index contributed by atoms with van der Waals surface area (Å²) in [5.41, 5.74) is 3.12. The highest BCUT2D eigenvalue weighted by molar-refractivity contribution is 7.98. The molecule has 1 atom stereocenters. The summed E-state index contributed by atoms with van der Waals surface area (Å²) in [6.07, 6.45) is 6.47. The summed E-state index contributed by atoms with van der Waals surface area (Å²) in [5, 5.41) is 6.76. The summed E-state index contributed by atoms with van der Waals surface area (Å²) in [7, 11) is 1.72. The molecule has 0 bridgehead atoms. The van der Waals surface area contributed by atoms with E-state index in [0.29, 0.717) is 5.92 Å². The van der Waals surface area contributed by atoms with Crippen molar-refractivity contribution < 1.29 is 4.74 Å². The zero-order valence-corrected chi connectivity index (χ0v) is 18.6. The van der Waals surface area contributed by atoms with Gasteiger partial charge in [-0.05, 0) is 42.4 Å². The van der Waals surface area contributed by atoms with Gasteiger partial charge in [0.05, 0.1) is 12.8 Å². The van der Waals surface area contributed by atoms with Crippen LogP contribution in [0.2, 0.25) is 0 Å². The predicted molar refractivity (Wildman–Crippen MR) is 127 cm³/mol. The third-order valence-corrected chi connectivity index (χ3v) is 5.50. The Balaban J connectivity index is 1.60. The number of methoxy groups -OCH3 is 1. The molecule has 3 aromatic rings. The summed E-state index contributed by atoms with van der Waals surface area (Å²) >= 11 is 1.81. The van der Waals surface area contributed by atoms with Crippen LogP contribution in [0.15, 0.2) is 55.0 Å². The number of aromatic nitrogens is 3. The van der Waals surface area contributed by atoms with E-state index >= 15 is 0 Å². The molecule has 0 saturated heterocycles. The van der Waals surface area contributed by atoms with E-state index in [1.807, 2.05) is 42.1 Å². The second-order valence-electron chi connectivity index (χ2n) is 7.00. The number of thioether (sulfide) groups is 1. The number of hydrogen-bond donors (Lipinski definition) is 2. The first-order chi connectivity index (χ1) is 14.7. The third kappa shape index (κ3) is 6.10. The standard InChI is InChI=1S/C23H29N5OS/c1-17(19-6-4-5-7-21(19)29-2)8-10-24-23-15-20(27-16-28-23)18-9-11-25-22(14-18)26-12-13-30-3/h4-7,9,11,14-17H,8,10,12-13H2,1-3H3,(H,25,26)(H,24,27,28). The van der Waals surface area contributed by atoms with Gasteiger partial charge in [0, 0.05) is 36.7 Å². The van der Waals surface area contributed by atoms with E-state index in [4.69, 9.17) is 4.74 Å². The number of pyridine rings is 1. The molecule has 0 aliphatic rings. The Bertz CT molecular complexity index is 937. The summed E-state index contributed by atoms with van der Waals surface area (Å²) < 4.78 is 5.48. The van der Waals surface area contributed by atoms with Crippen LogP contribution in [0.25, 0.3) is 11.3 Å². The molecule has 6 nitrogen and oxygen atoms in total. The fraction of sp³-hybridized carbons (Fsp3) is 0.348. The molecule has 0 aliphatic carbocycles. The first kappa shape index (κ1) is 21.9. The van der Waals surface area contributed by atoms with Crippen molar-refractivity contribution in [3.05, 3.63) is 60.6 Å². The zero-order valence-electron chi connectivity index (χ0n) is 17.8. The summed E-state index contributed by atoms with van der Waals surface area (Å²) in [6.45, 7) is 3.92. The lowest BCUT2D eigenvalue weighted by molar-refractivity contribution is 0.405. The molecule has 0 radical (unpaired) electrons. The van der Waals surface area contributed by atoms with E-state index in [2.05, 4.69) is 50.9 Å². The van der Waals surface area contributed by atoms with Gasteiger partial charge in [-0.2, -0.15) is 11.8 Å². The number of para-hydroxylation sites is 1. The fourth-order valence-corrected chi connectivity index (χ4v) is 3.53.